The first-order valence-electron chi connectivity index (χ1n) is 10.7. The molecule has 4 aromatic rings. The van der Waals surface area contributed by atoms with Crippen LogP contribution in [-0.2, 0) is 0 Å². The topological polar surface area (TPSA) is 91.1 Å². The van der Waals surface area contributed by atoms with Crippen molar-refractivity contribution in [2.75, 3.05) is 26.2 Å². The molecule has 178 valence electrons. The Hall–Kier alpha value is -4.04. The largest absolute Gasteiger partial charge is 0.493 e. The minimum Gasteiger partial charge on any atom is -0.493 e. The molecule has 8 nitrogen and oxygen atoms in total. The number of halogens is 1. The SMILES string of the molecule is COc1cc([C@H]2c3c(oc4ccc(Cl)cc4c3=O)C(=O)N2c2cc(C)ccn2)cc(OC)c1OC. The van der Waals surface area contributed by atoms with Crippen LogP contribution in [-0.4, -0.2) is 32.2 Å². The molecule has 1 aliphatic heterocycles. The van der Waals surface area contributed by atoms with Crippen LogP contribution in [0, 0.1) is 6.92 Å². The molecule has 5 rings (SSSR count). The molecule has 0 fully saturated rings. The summed E-state index contributed by atoms with van der Waals surface area (Å²) in [5.41, 5.74) is 1.56. The van der Waals surface area contributed by atoms with Crippen molar-refractivity contribution in [3.05, 3.63) is 86.4 Å². The predicted octanol–water partition coefficient (Wildman–Crippen LogP) is 4.93. The second-order valence-electron chi connectivity index (χ2n) is 8.04. The van der Waals surface area contributed by atoms with E-state index in [1.165, 1.54) is 32.3 Å². The maximum absolute atomic E-state index is 13.8. The van der Waals surface area contributed by atoms with Gasteiger partial charge in [0.15, 0.2) is 16.9 Å². The summed E-state index contributed by atoms with van der Waals surface area (Å²) in [5.74, 6) is 1.00. The number of fused-ring (bicyclic) bond motifs is 2. The lowest BCUT2D eigenvalue weighted by Gasteiger charge is -2.25. The number of amides is 1. The van der Waals surface area contributed by atoms with E-state index in [4.69, 9.17) is 30.2 Å². The van der Waals surface area contributed by atoms with Gasteiger partial charge in [0.05, 0.1) is 38.3 Å². The number of rotatable bonds is 5. The molecule has 3 heterocycles. The van der Waals surface area contributed by atoms with E-state index in [0.717, 1.165) is 5.56 Å². The highest BCUT2D eigenvalue weighted by atomic mass is 35.5. The number of hydrogen-bond donors (Lipinski definition) is 0. The smallest absolute Gasteiger partial charge is 0.296 e. The zero-order valence-corrected chi connectivity index (χ0v) is 20.2. The summed E-state index contributed by atoms with van der Waals surface area (Å²) in [6.07, 6.45) is 1.61. The fourth-order valence-corrected chi connectivity index (χ4v) is 4.58. The lowest BCUT2D eigenvalue weighted by Crippen LogP contribution is -2.30. The lowest BCUT2D eigenvalue weighted by atomic mass is 9.97. The summed E-state index contributed by atoms with van der Waals surface area (Å²) < 4.78 is 22.5. The summed E-state index contributed by atoms with van der Waals surface area (Å²) in [7, 11) is 4.50. The molecule has 0 aliphatic carbocycles. The van der Waals surface area contributed by atoms with Gasteiger partial charge >= 0.3 is 0 Å². The molecule has 0 N–H and O–H groups in total. The molecule has 1 amide bonds. The van der Waals surface area contributed by atoms with E-state index in [-0.39, 0.29) is 27.7 Å². The van der Waals surface area contributed by atoms with Crippen LogP contribution in [0.4, 0.5) is 5.82 Å². The number of methoxy groups -OCH3 is 3. The van der Waals surface area contributed by atoms with E-state index in [2.05, 4.69) is 4.98 Å². The minimum atomic E-state index is -0.861. The Kier molecular flexibility index (Phi) is 5.61. The molecule has 9 heteroatoms. The number of anilines is 1. The van der Waals surface area contributed by atoms with Gasteiger partial charge in [-0.1, -0.05) is 11.6 Å². The Labute approximate surface area is 205 Å². The second-order valence-corrected chi connectivity index (χ2v) is 8.48. The van der Waals surface area contributed by atoms with Gasteiger partial charge in [0.2, 0.25) is 11.5 Å². The van der Waals surface area contributed by atoms with Crippen LogP contribution in [0.1, 0.15) is 33.3 Å². The molecule has 1 atom stereocenters. The van der Waals surface area contributed by atoms with Crippen LogP contribution in [0.15, 0.2) is 57.9 Å². The average molecular weight is 493 g/mol. The van der Waals surface area contributed by atoms with Crippen molar-refractivity contribution in [2.24, 2.45) is 0 Å². The predicted molar refractivity (Wildman–Crippen MR) is 131 cm³/mol. The minimum absolute atomic E-state index is 0.0492. The number of carbonyl (C=O) groups is 1. The third-order valence-electron chi connectivity index (χ3n) is 5.98. The van der Waals surface area contributed by atoms with E-state index in [9.17, 15) is 9.59 Å². The zero-order chi connectivity index (χ0) is 24.9. The van der Waals surface area contributed by atoms with E-state index >= 15 is 0 Å². The van der Waals surface area contributed by atoms with Crippen LogP contribution >= 0.6 is 11.6 Å². The molecule has 0 spiro atoms. The van der Waals surface area contributed by atoms with Gasteiger partial charge in [-0.2, -0.15) is 0 Å². The quantitative estimate of drug-likeness (QED) is 0.390. The fraction of sp³-hybridized carbons (Fsp3) is 0.192. The van der Waals surface area contributed by atoms with Gasteiger partial charge in [-0.05, 0) is 60.5 Å². The highest BCUT2D eigenvalue weighted by molar-refractivity contribution is 6.31. The number of nitrogens with zero attached hydrogens (tertiary/aromatic N) is 2. The molecular weight excluding hydrogens is 472 g/mol. The number of pyridine rings is 1. The van der Waals surface area contributed by atoms with Gasteiger partial charge in [-0.25, -0.2) is 4.98 Å². The first-order chi connectivity index (χ1) is 16.9. The number of aryl methyl sites for hydroxylation is 1. The van der Waals surface area contributed by atoms with E-state index in [0.29, 0.717) is 33.7 Å². The van der Waals surface area contributed by atoms with E-state index in [1.54, 1.807) is 36.5 Å². The van der Waals surface area contributed by atoms with Crippen molar-refractivity contribution < 1.29 is 23.4 Å². The molecule has 1 aliphatic rings. The third kappa shape index (κ3) is 3.57. The van der Waals surface area contributed by atoms with Crippen molar-refractivity contribution in [3.63, 3.8) is 0 Å². The number of aromatic nitrogens is 1. The van der Waals surface area contributed by atoms with Crippen molar-refractivity contribution in [2.45, 2.75) is 13.0 Å². The summed E-state index contributed by atoms with van der Waals surface area (Å²) in [4.78, 5) is 33.4. The number of ether oxygens (including phenoxy) is 3. The van der Waals surface area contributed by atoms with Crippen molar-refractivity contribution in [1.82, 2.24) is 4.98 Å². The monoisotopic (exact) mass is 492 g/mol. The highest BCUT2D eigenvalue weighted by Crippen LogP contribution is 2.46. The summed E-state index contributed by atoms with van der Waals surface area (Å²) in [5, 5.41) is 0.663. The van der Waals surface area contributed by atoms with Crippen molar-refractivity contribution in [1.29, 1.82) is 0 Å². The molecule has 35 heavy (non-hydrogen) atoms. The summed E-state index contributed by atoms with van der Waals surface area (Å²) in [6.45, 7) is 1.90. The molecule has 2 aromatic heterocycles. The Balaban J connectivity index is 1.85. The Morgan fingerprint density at radius 2 is 1.69 bits per heavy atom. The third-order valence-corrected chi connectivity index (χ3v) is 6.22. The van der Waals surface area contributed by atoms with Crippen molar-refractivity contribution in [3.8, 4) is 17.2 Å². The second kappa shape index (κ2) is 8.63. The Bertz CT molecular complexity index is 1520. The summed E-state index contributed by atoms with van der Waals surface area (Å²) in [6, 6.07) is 10.9. The summed E-state index contributed by atoms with van der Waals surface area (Å²) >= 11 is 6.16. The van der Waals surface area contributed by atoms with Gasteiger partial charge in [-0.3, -0.25) is 14.5 Å². The van der Waals surface area contributed by atoms with Crippen LogP contribution in [0.25, 0.3) is 11.0 Å². The molecular formula is C26H21ClN2O6. The molecule has 0 bridgehead atoms. The van der Waals surface area contributed by atoms with Gasteiger partial charge in [-0.15, -0.1) is 0 Å². The average Bonchev–Trinajstić information content (AvgIpc) is 3.16. The number of carbonyl (C=O) groups excluding carboxylic acids is 1. The van der Waals surface area contributed by atoms with Crippen LogP contribution in [0.2, 0.25) is 5.02 Å². The van der Waals surface area contributed by atoms with Gasteiger partial charge < -0.3 is 18.6 Å². The standard InChI is InChI=1S/C26H21ClN2O6/c1-13-7-8-28-20(9-13)29-22(14-10-18(32-2)24(34-4)19(11-14)33-3)21-23(30)16-12-15(27)5-6-17(16)35-25(21)26(29)31/h5-12,22H,1-4H3/t22-/m0/s1. The highest BCUT2D eigenvalue weighted by Gasteiger charge is 2.45. The first-order valence-corrected chi connectivity index (χ1v) is 11.1. The number of hydrogen-bond acceptors (Lipinski definition) is 7. The van der Waals surface area contributed by atoms with Crippen LogP contribution in [0.5, 0.6) is 17.2 Å². The van der Waals surface area contributed by atoms with Gasteiger partial charge in [0, 0.05) is 11.2 Å². The number of benzene rings is 2. The maximum Gasteiger partial charge on any atom is 0.296 e. The lowest BCUT2D eigenvalue weighted by molar-refractivity contribution is 0.0970. The van der Waals surface area contributed by atoms with E-state index in [1.807, 2.05) is 13.0 Å². The first kappa shape index (κ1) is 22.7. The molecule has 0 unspecified atom stereocenters. The molecule has 0 saturated carbocycles. The molecule has 2 aromatic carbocycles. The zero-order valence-electron chi connectivity index (χ0n) is 19.4. The van der Waals surface area contributed by atoms with E-state index < -0.39 is 11.9 Å². The molecule has 0 radical (unpaired) electrons. The fourth-order valence-electron chi connectivity index (χ4n) is 4.41. The Morgan fingerprint density at radius 1 is 0.971 bits per heavy atom. The van der Waals surface area contributed by atoms with Crippen molar-refractivity contribution >= 4 is 34.3 Å². The molecule has 0 saturated heterocycles. The van der Waals surface area contributed by atoms with Crippen LogP contribution in [0.3, 0.4) is 0 Å². The Morgan fingerprint density at radius 3 is 2.31 bits per heavy atom. The normalized spacial score (nSPS) is 14.8. The van der Waals surface area contributed by atoms with Gasteiger partial charge in [0.1, 0.15) is 11.4 Å². The maximum atomic E-state index is 13.8. The van der Waals surface area contributed by atoms with Crippen LogP contribution < -0.4 is 24.5 Å². The van der Waals surface area contributed by atoms with Gasteiger partial charge in [0.25, 0.3) is 5.91 Å².